The van der Waals surface area contributed by atoms with Gasteiger partial charge in [-0.05, 0) is 0 Å². The molecule has 72 valence electrons. The summed E-state index contributed by atoms with van der Waals surface area (Å²) in [7, 11) is -6.14. The lowest BCUT2D eigenvalue weighted by Gasteiger charge is -1.68. The van der Waals surface area contributed by atoms with Crippen molar-refractivity contribution in [3.05, 3.63) is 0 Å². The van der Waals surface area contributed by atoms with Crippen molar-refractivity contribution in [1.29, 1.82) is 0 Å². The van der Waals surface area contributed by atoms with Crippen molar-refractivity contribution < 1.29 is 44.5 Å². The van der Waals surface area contributed by atoms with Crippen molar-refractivity contribution in [3.8, 4) is 0 Å². The lowest BCUT2D eigenvalue weighted by Crippen LogP contribution is -1.30. The summed E-state index contributed by atoms with van der Waals surface area (Å²) in [5.74, 6) is 0. The van der Waals surface area contributed by atoms with Crippen LogP contribution < -0.4 is 0 Å². The molecule has 0 radical (unpaired) electrons. The second-order valence-corrected chi connectivity index (χ2v) is 1.20. The first-order chi connectivity index (χ1) is 2.00. The van der Waals surface area contributed by atoms with E-state index in [-0.39, 0.29) is 27.4 Å². The molecule has 10 N–H and O–H groups in total. The fraction of sp³-hybridized carbons (Fsp3) is 0. The maximum Gasteiger partial charge on any atom is 0.591 e. The minimum absolute atomic E-state index is 0. The summed E-state index contributed by atoms with van der Waals surface area (Å²) in [6.45, 7) is 0. The van der Waals surface area contributed by atoms with Gasteiger partial charge in [0.2, 0.25) is 0 Å². The van der Waals surface area contributed by atoms with Gasteiger partial charge in [-0.2, -0.15) is 0 Å². The second-order valence-electron chi connectivity index (χ2n) is 0.399. The minimum Gasteiger partial charge on any atom is -0.412 e. The zero-order valence-corrected chi connectivity index (χ0v) is 5.38. The van der Waals surface area contributed by atoms with E-state index in [0.29, 0.717) is 0 Å². The second kappa shape index (κ2) is 15.9. The molecule has 0 spiro atoms. The predicted octanol–water partition coefficient (Wildman–Crippen LogP) is -2.12. The average molecular weight is 194 g/mol. The van der Waals surface area contributed by atoms with Crippen molar-refractivity contribution in [1.82, 2.24) is 0 Å². The van der Waals surface area contributed by atoms with Gasteiger partial charge in [0.15, 0.2) is 0 Å². The van der Waals surface area contributed by atoms with Gasteiger partial charge in [-0.1, -0.05) is 0 Å². The molecule has 0 heterocycles. The van der Waals surface area contributed by atoms with E-state index in [4.69, 9.17) is 4.57 Å². The monoisotopic (exact) mass is 194 g/mol. The average Bonchev–Trinajstić information content (AvgIpc) is 0.722. The summed E-state index contributed by atoms with van der Waals surface area (Å²) in [5, 5.41) is 0. The maximum atomic E-state index is 9.91. The summed E-state index contributed by atoms with van der Waals surface area (Å²) in [5.41, 5.74) is 0. The summed E-state index contributed by atoms with van der Waals surface area (Å²) in [6, 6.07) is 0. The van der Waals surface area contributed by atoms with Gasteiger partial charge in [-0.15, -0.1) is 12.6 Å². The molecule has 6 nitrogen and oxygen atoms in total. The first-order valence-corrected chi connectivity index (χ1v) is 2.07. The van der Waals surface area contributed by atoms with E-state index in [0.717, 1.165) is 0 Å². The van der Waals surface area contributed by atoms with E-state index in [1.807, 2.05) is 0 Å². The van der Waals surface area contributed by atoms with Crippen molar-refractivity contribution in [2.24, 2.45) is 0 Å². The molecule has 10 heavy (non-hydrogen) atoms. The Kier molecular flexibility index (Phi) is 83.4. The standard InChI is InChI=1S/F3OP.5H2O/c1-5(2,3)4;;;;;/h;5*1H2. The Morgan fingerprint density at radius 1 is 0.700 bits per heavy atom. The minimum atomic E-state index is -6.14. The quantitative estimate of drug-likeness (QED) is 0.394. The summed E-state index contributed by atoms with van der Waals surface area (Å²) in [6.07, 6.45) is 0. The van der Waals surface area contributed by atoms with Crippen LogP contribution in [0.3, 0.4) is 0 Å². The Morgan fingerprint density at radius 2 is 0.700 bits per heavy atom. The van der Waals surface area contributed by atoms with Gasteiger partial charge in [0, 0.05) is 0 Å². The van der Waals surface area contributed by atoms with Crippen LogP contribution in [0.5, 0.6) is 0 Å². The van der Waals surface area contributed by atoms with Crippen LogP contribution in [0.15, 0.2) is 0 Å². The zero-order valence-electron chi connectivity index (χ0n) is 4.49. The number of halogens is 3. The van der Waals surface area contributed by atoms with Crippen molar-refractivity contribution in [2.45, 2.75) is 0 Å². The third kappa shape index (κ3) is 11200. The Labute approximate surface area is 53.9 Å². The molecule has 0 aromatic carbocycles. The summed E-state index contributed by atoms with van der Waals surface area (Å²) >= 11 is 0. The van der Waals surface area contributed by atoms with E-state index >= 15 is 0 Å². The molecular weight excluding hydrogens is 184 g/mol. The van der Waals surface area contributed by atoms with Crippen LogP contribution in [0.2, 0.25) is 0 Å². The Bertz CT molecular complexity index is 59.1. The Morgan fingerprint density at radius 3 is 0.700 bits per heavy atom. The number of rotatable bonds is 0. The van der Waals surface area contributed by atoms with Crippen LogP contribution in [-0.4, -0.2) is 27.4 Å². The fourth-order valence-corrected chi connectivity index (χ4v) is 0. The van der Waals surface area contributed by atoms with Crippen molar-refractivity contribution in [3.63, 3.8) is 0 Å². The van der Waals surface area contributed by atoms with Gasteiger partial charge < -0.3 is 27.4 Å². The fourth-order valence-electron chi connectivity index (χ4n) is 0. The molecule has 0 saturated carbocycles. The lowest BCUT2D eigenvalue weighted by atomic mass is 16.0. The predicted molar refractivity (Wildman–Crippen MR) is 29.0 cm³/mol. The first-order valence-electron chi connectivity index (χ1n) is 0.690. The first kappa shape index (κ1) is 52.4. The molecule has 0 amide bonds. The molecule has 0 aromatic rings. The van der Waals surface area contributed by atoms with E-state index in [1.54, 1.807) is 0 Å². The largest absolute Gasteiger partial charge is 0.591 e. The normalized spacial score (nSPS) is 5.90. The van der Waals surface area contributed by atoms with Gasteiger partial charge in [0.05, 0.1) is 0 Å². The van der Waals surface area contributed by atoms with Crippen LogP contribution in [0.1, 0.15) is 0 Å². The number of hydrogen-bond donors (Lipinski definition) is 0. The van der Waals surface area contributed by atoms with E-state index < -0.39 is 8.07 Å². The Balaban J connectivity index is -0.00000000800. The van der Waals surface area contributed by atoms with Crippen molar-refractivity contribution >= 4 is 8.07 Å². The molecule has 0 aliphatic heterocycles. The highest BCUT2D eigenvalue weighted by Gasteiger charge is 2.13. The molecule has 0 saturated heterocycles. The van der Waals surface area contributed by atoms with Gasteiger partial charge in [0.1, 0.15) is 0 Å². The molecule has 0 aromatic heterocycles. The molecular formula is H10F3O6P. The van der Waals surface area contributed by atoms with E-state index in [2.05, 4.69) is 0 Å². The van der Waals surface area contributed by atoms with E-state index in [1.165, 1.54) is 0 Å². The van der Waals surface area contributed by atoms with E-state index in [9.17, 15) is 12.6 Å². The molecule has 10 heteroatoms. The van der Waals surface area contributed by atoms with Crippen LogP contribution >= 0.6 is 8.07 Å². The highest BCUT2D eigenvalue weighted by Crippen LogP contribution is 2.50. The molecule has 0 bridgehead atoms. The third-order valence-corrected chi connectivity index (χ3v) is 0. The van der Waals surface area contributed by atoms with Crippen LogP contribution in [0.4, 0.5) is 12.6 Å². The third-order valence-electron chi connectivity index (χ3n) is 0. The molecule has 0 aliphatic carbocycles. The van der Waals surface area contributed by atoms with Crippen LogP contribution in [0.25, 0.3) is 0 Å². The maximum absolute atomic E-state index is 9.91. The van der Waals surface area contributed by atoms with Gasteiger partial charge >= 0.3 is 8.07 Å². The lowest BCUT2D eigenvalue weighted by molar-refractivity contribution is 0.440. The SMILES string of the molecule is O.O.O.O.O.O=P(F)(F)F. The zero-order chi connectivity index (χ0) is 4.50. The van der Waals surface area contributed by atoms with Crippen LogP contribution in [-0.2, 0) is 4.57 Å². The van der Waals surface area contributed by atoms with Gasteiger partial charge in [-0.3, -0.25) is 0 Å². The smallest absolute Gasteiger partial charge is 0.412 e. The summed E-state index contributed by atoms with van der Waals surface area (Å²) < 4.78 is 37.9. The van der Waals surface area contributed by atoms with Gasteiger partial charge in [0.25, 0.3) is 0 Å². The molecule has 0 rings (SSSR count). The van der Waals surface area contributed by atoms with Crippen molar-refractivity contribution in [2.75, 3.05) is 0 Å². The molecule has 0 aliphatic rings. The van der Waals surface area contributed by atoms with Crippen LogP contribution in [0, 0.1) is 0 Å². The topological polar surface area (TPSA) is 175 Å². The molecule has 0 unspecified atom stereocenters. The van der Waals surface area contributed by atoms with Gasteiger partial charge in [-0.25, -0.2) is 4.57 Å². The Hall–Kier alpha value is -0.180. The molecule has 0 fully saturated rings. The highest BCUT2D eigenvalue weighted by atomic mass is 31.3. The molecule has 0 atom stereocenters. The summed E-state index contributed by atoms with van der Waals surface area (Å²) in [4.78, 5) is 0. The number of hydrogen-bond acceptors (Lipinski definition) is 1. The highest BCUT2D eigenvalue weighted by molar-refractivity contribution is 7.47.